The Morgan fingerprint density at radius 1 is 0.358 bits per heavy atom. The van der Waals surface area contributed by atoms with Gasteiger partial charge < -0.3 is 4.57 Å². The molecule has 0 bridgehead atoms. The topological polar surface area (TPSA) is 8.17 Å². The molecule has 2 heterocycles. The number of fused-ring (bicyclic) bond motifs is 9. The summed E-state index contributed by atoms with van der Waals surface area (Å²) in [5.74, 6) is 0. The summed E-state index contributed by atoms with van der Waals surface area (Å²) in [5, 5.41) is 10.2. The van der Waals surface area contributed by atoms with Crippen molar-refractivity contribution in [3.05, 3.63) is 194 Å². The fourth-order valence-electron chi connectivity index (χ4n) is 8.31. The average molecular weight is 740 g/mol. The Labute approximate surface area is 313 Å². The molecule has 0 saturated heterocycles. The predicted octanol–water partition coefficient (Wildman–Crippen LogP) is 13.6. The van der Waals surface area contributed by atoms with Crippen LogP contribution in [0.5, 0.6) is 0 Å². The molecule has 2 aromatic heterocycles. The molecule has 0 radical (unpaired) electrons. The summed E-state index contributed by atoms with van der Waals surface area (Å²) in [6, 6.07) is 71.4. The van der Waals surface area contributed by atoms with E-state index >= 15 is 0 Å². The van der Waals surface area contributed by atoms with Gasteiger partial charge in [-0.3, -0.25) is 0 Å². The fraction of sp³-hybridized carbons (Fsp3) is 0. The van der Waals surface area contributed by atoms with Gasteiger partial charge in [-0.1, -0.05) is 78.9 Å². The minimum atomic E-state index is 0.367. The second-order valence-corrected chi connectivity index (χ2v) is 16.0. The molecule has 9 aromatic carbocycles. The molecule has 0 aliphatic carbocycles. The first kappa shape index (κ1) is 30.3. The van der Waals surface area contributed by atoms with Crippen molar-refractivity contribution in [1.29, 1.82) is 0 Å². The summed E-state index contributed by atoms with van der Waals surface area (Å²) in [4.78, 5) is 2.45. The number of benzene rings is 9. The molecule has 0 aliphatic heterocycles. The Kier molecular flexibility index (Phi) is 6.91. The van der Waals surface area contributed by atoms with Crippen molar-refractivity contribution in [3.63, 3.8) is 0 Å². The van der Waals surface area contributed by atoms with Crippen LogP contribution >= 0.6 is 0 Å². The Morgan fingerprint density at radius 3 is 1.83 bits per heavy atom. The molecule has 3 heteroatoms. The third-order valence-corrected chi connectivity index (χ3v) is 13.2. The second kappa shape index (κ2) is 12.1. The Balaban J connectivity index is 1.13. The molecular weight excluding hydrogens is 708 g/mol. The van der Waals surface area contributed by atoms with Crippen LogP contribution in [0.15, 0.2) is 194 Å². The van der Waals surface area contributed by atoms with E-state index < -0.39 is 0 Å². The van der Waals surface area contributed by atoms with E-state index in [1.807, 2.05) is 0 Å². The molecule has 0 aliphatic rings. The second-order valence-electron chi connectivity index (χ2n) is 13.7. The zero-order valence-corrected chi connectivity index (χ0v) is 30.5. The van der Waals surface area contributed by atoms with E-state index in [1.54, 1.807) is 0 Å². The SMILES string of the molecule is c1ccc(-n2c3ccccc3c3cc(N(c4ccc(-c5ccc6[se]c7ccccc7c6c5)cc4)c4cc5ccccc5c5ccccc45)ccc32)cc1. The van der Waals surface area contributed by atoms with Gasteiger partial charge >= 0.3 is 185 Å². The average Bonchev–Trinajstić information content (AvgIpc) is 3.77. The normalized spacial score (nSPS) is 11.8. The summed E-state index contributed by atoms with van der Waals surface area (Å²) >= 11 is 0.367. The van der Waals surface area contributed by atoms with Crippen LogP contribution in [0.4, 0.5) is 17.1 Å². The number of aromatic nitrogens is 1. The van der Waals surface area contributed by atoms with E-state index in [9.17, 15) is 0 Å². The summed E-state index contributed by atoms with van der Waals surface area (Å²) in [6.07, 6.45) is 0. The van der Waals surface area contributed by atoms with Gasteiger partial charge in [0, 0.05) is 11.1 Å². The monoisotopic (exact) mass is 740 g/mol. The molecule has 11 rings (SSSR count). The maximum absolute atomic E-state index is 2.45. The third kappa shape index (κ3) is 4.86. The van der Waals surface area contributed by atoms with Gasteiger partial charge in [-0.05, 0) is 23.6 Å². The van der Waals surface area contributed by atoms with Crippen LogP contribution in [0.25, 0.3) is 79.5 Å². The van der Waals surface area contributed by atoms with E-state index in [0.29, 0.717) is 14.5 Å². The van der Waals surface area contributed by atoms with Crippen LogP contribution in [0.1, 0.15) is 0 Å². The van der Waals surface area contributed by atoms with E-state index in [2.05, 4.69) is 204 Å². The van der Waals surface area contributed by atoms with Crippen LogP contribution < -0.4 is 4.90 Å². The first-order chi connectivity index (χ1) is 26.3. The zero-order valence-electron chi connectivity index (χ0n) is 28.8. The Hall–Kier alpha value is -6.38. The van der Waals surface area contributed by atoms with Crippen molar-refractivity contribution in [2.75, 3.05) is 4.90 Å². The standard InChI is InChI=1S/C50H32N2Se/c1-2-13-36(14-3-1)52-46-20-10-8-18-42(46)44-32-38(27-28-47(44)52)51(48-31-35-12-4-5-15-39(35)40-16-6-7-17-41(40)48)37-25-22-33(23-26-37)34-24-29-50-45(30-34)43-19-9-11-21-49(43)53-50/h1-32H. The van der Waals surface area contributed by atoms with Crippen LogP contribution in [-0.4, -0.2) is 19.1 Å². The number of anilines is 3. The quantitative estimate of drug-likeness (QED) is 0.126. The molecule has 0 fully saturated rings. The van der Waals surface area contributed by atoms with Gasteiger partial charge in [0.1, 0.15) is 0 Å². The maximum atomic E-state index is 2.45. The number of hydrogen-bond acceptors (Lipinski definition) is 1. The molecule has 0 N–H and O–H groups in total. The molecule has 11 aromatic rings. The number of hydrogen-bond donors (Lipinski definition) is 0. The van der Waals surface area contributed by atoms with Crippen LogP contribution in [0.2, 0.25) is 0 Å². The van der Waals surface area contributed by atoms with Crippen molar-refractivity contribution in [3.8, 4) is 16.8 Å². The smallest absolute Gasteiger partial charge is 0.0602 e. The molecular formula is C50H32N2Se. The Morgan fingerprint density at radius 2 is 0.981 bits per heavy atom. The molecule has 0 amide bonds. The van der Waals surface area contributed by atoms with Crippen LogP contribution in [0, 0.1) is 0 Å². The van der Waals surface area contributed by atoms with Gasteiger partial charge in [0.25, 0.3) is 0 Å². The molecule has 0 saturated carbocycles. The third-order valence-electron chi connectivity index (χ3n) is 10.8. The molecule has 0 unspecified atom stereocenters. The van der Waals surface area contributed by atoms with Gasteiger partial charge in [-0.25, -0.2) is 0 Å². The first-order valence-corrected chi connectivity index (χ1v) is 19.8. The van der Waals surface area contributed by atoms with Crippen molar-refractivity contribution in [1.82, 2.24) is 4.57 Å². The van der Waals surface area contributed by atoms with Gasteiger partial charge in [0.2, 0.25) is 0 Å². The van der Waals surface area contributed by atoms with Crippen molar-refractivity contribution < 1.29 is 0 Å². The van der Waals surface area contributed by atoms with Crippen molar-refractivity contribution in [2.45, 2.75) is 0 Å². The van der Waals surface area contributed by atoms with Crippen molar-refractivity contribution in [2.24, 2.45) is 0 Å². The minimum absolute atomic E-state index is 0.367. The molecule has 248 valence electrons. The zero-order chi connectivity index (χ0) is 34.9. The van der Waals surface area contributed by atoms with Gasteiger partial charge in [0.15, 0.2) is 0 Å². The molecule has 0 atom stereocenters. The first-order valence-electron chi connectivity index (χ1n) is 18.1. The summed E-state index contributed by atoms with van der Waals surface area (Å²) in [6.45, 7) is 0. The summed E-state index contributed by atoms with van der Waals surface area (Å²) in [7, 11) is 0. The van der Waals surface area contributed by atoms with E-state index in [0.717, 1.165) is 22.7 Å². The predicted molar refractivity (Wildman–Crippen MR) is 228 cm³/mol. The summed E-state index contributed by atoms with van der Waals surface area (Å²) in [5.41, 5.74) is 9.44. The fourth-order valence-corrected chi connectivity index (χ4v) is 10.6. The molecule has 2 nitrogen and oxygen atoms in total. The molecule has 0 spiro atoms. The summed E-state index contributed by atoms with van der Waals surface area (Å²) < 4.78 is 5.33. The van der Waals surface area contributed by atoms with Crippen LogP contribution in [-0.2, 0) is 0 Å². The van der Waals surface area contributed by atoms with E-state index in [1.165, 1.54) is 73.8 Å². The minimum Gasteiger partial charge on any atom is -0.0602 e. The van der Waals surface area contributed by atoms with E-state index in [4.69, 9.17) is 0 Å². The number of nitrogens with zero attached hydrogens (tertiary/aromatic N) is 2. The van der Waals surface area contributed by atoms with E-state index in [-0.39, 0.29) is 0 Å². The van der Waals surface area contributed by atoms with Crippen molar-refractivity contribution >= 4 is 94.2 Å². The van der Waals surface area contributed by atoms with Gasteiger partial charge in [-0.2, -0.15) is 0 Å². The van der Waals surface area contributed by atoms with Crippen LogP contribution in [0.3, 0.4) is 0 Å². The van der Waals surface area contributed by atoms with Gasteiger partial charge in [0.05, 0.1) is 11.0 Å². The number of rotatable bonds is 5. The molecule has 53 heavy (non-hydrogen) atoms. The number of para-hydroxylation sites is 2. The Bertz CT molecular complexity index is 3170. The van der Waals surface area contributed by atoms with Gasteiger partial charge in [-0.15, -0.1) is 0 Å².